The van der Waals surface area contributed by atoms with E-state index >= 15 is 0 Å². The van der Waals surface area contributed by atoms with E-state index in [-0.39, 0.29) is 72.7 Å². The normalized spacial score (nSPS) is 46.7. The summed E-state index contributed by atoms with van der Waals surface area (Å²) >= 11 is 0. The number of hydrogen-bond donors (Lipinski definition) is 6. The molecule has 2 saturated carbocycles. The van der Waals surface area contributed by atoms with Gasteiger partial charge in [-0.15, -0.1) is 0 Å². The summed E-state index contributed by atoms with van der Waals surface area (Å²) in [4.78, 5) is 28.7. The van der Waals surface area contributed by atoms with Gasteiger partial charge in [0.1, 0.15) is 71.1 Å². The van der Waals surface area contributed by atoms with Crippen molar-refractivity contribution in [2.45, 2.75) is 318 Å². The molecular formula is C86H122N2O22. The van der Waals surface area contributed by atoms with Crippen LogP contribution in [0.3, 0.4) is 0 Å². The molecule has 2 spiro atoms. The average Bonchev–Trinajstić information content (AvgIpc) is 1.55. The first-order chi connectivity index (χ1) is 52.7. The number of rotatable bonds is 8. The number of nitrogens with zero attached hydrogens (tertiary/aromatic N) is 2. The molecule has 0 amide bonds. The quantitative estimate of drug-likeness (QED) is 0.0569. The third-order valence-corrected chi connectivity index (χ3v) is 26.3. The number of carbonyl (C=O) groups excluding carboxylic acids is 2. The van der Waals surface area contributed by atoms with Gasteiger partial charge >= 0.3 is 11.9 Å². The third-order valence-electron chi connectivity index (χ3n) is 26.3. The first-order valence-electron chi connectivity index (χ1n) is 40.8. The van der Waals surface area contributed by atoms with Crippen molar-refractivity contribution in [3.63, 3.8) is 0 Å². The van der Waals surface area contributed by atoms with Gasteiger partial charge in [-0.25, -0.2) is 0 Å². The van der Waals surface area contributed by atoms with Crippen LogP contribution in [0.15, 0.2) is 129 Å². The number of carbonyl (C=O) groups is 2. The zero-order valence-electron chi connectivity index (χ0n) is 66.3. The van der Waals surface area contributed by atoms with Crippen LogP contribution in [0, 0.1) is 47.3 Å². The van der Waals surface area contributed by atoms with Crippen LogP contribution in [-0.2, 0) is 75.9 Å². The van der Waals surface area contributed by atoms with E-state index in [2.05, 4.69) is 62.3 Å². The summed E-state index contributed by atoms with van der Waals surface area (Å²) in [6, 6.07) is 0. The predicted octanol–water partition coefficient (Wildman–Crippen LogP) is 11.7. The van der Waals surface area contributed by atoms with Gasteiger partial charge in [0.15, 0.2) is 24.2 Å². The van der Waals surface area contributed by atoms with Gasteiger partial charge in [-0.1, -0.05) is 149 Å². The van der Waals surface area contributed by atoms with Gasteiger partial charge in [0, 0.05) is 76.4 Å². The van der Waals surface area contributed by atoms with Gasteiger partial charge < -0.3 is 97.2 Å². The number of oxime groups is 2. The van der Waals surface area contributed by atoms with Crippen LogP contribution in [0.4, 0.5) is 0 Å². The summed E-state index contributed by atoms with van der Waals surface area (Å²) in [5, 5.41) is 73.2. The van der Waals surface area contributed by atoms with Crippen LogP contribution in [0.5, 0.6) is 0 Å². The molecule has 10 heterocycles. The lowest BCUT2D eigenvalue weighted by Crippen LogP contribution is -2.57. The Morgan fingerprint density at radius 3 is 1.26 bits per heavy atom. The van der Waals surface area contributed by atoms with Crippen molar-refractivity contribution in [3.05, 3.63) is 119 Å². The Bertz CT molecular complexity index is 3420. The second-order valence-electron chi connectivity index (χ2n) is 34.1. The molecule has 24 nitrogen and oxygen atoms in total. The SMILES string of the molecule is CO[C@H]1C[C@H](O[C@@H]2/C(C)=C/C[C@@H]3C[C@@H](C[C@]4(C=C[C@H](C)[C@@H](C5CCCCC5)O4)O3)OC(=O)[C@@H]3C=C(C)/C(=N/O)[C@H]4OCC(=C/C=C/[C@@H]2C)[C@]43O)O[C@@H](C)[C@@H]1O.CO[C@H]1C[C@H](O[C@@H]2/C(C)=C/C[C@@H]3C[C@@H](C[C@]4(C=C[C@H](C)[C@@H](C5CCCCC5)O4)O3)OC(=O)[C@@H]3C=C(C)/C(=N\O)[C@H]4OCC(=C/C=C/[C@@H]2C)[C@]43O)O[C@@H](C)[C@@H]1O. The lowest BCUT2D eigenvalue weighted by molar-refractivity contribution is -0.302. The lowest BCUT2D eigenvalue weighted by atomic mass is 9.71. The van der Waals surface area contributed by atoms with Crippen molar-refractivity contribution >= 4 is 23.4 Å². The number of ether oxygens (including phenoxy) is 14. The number of methoxy groups -OCH3 is 2. The van der Waals surface area contributed by atoms with Crippen molar-refractivity contribution in [3.8, 4) is 0 Å². The summed E-state index contributed by atoms with van der Waals surface area (Å²) in [7, 11) is 3.16. The maximum Gasteiger partial charge on any atom is 0.316 e. The fraction of sp³-hybridized carbons (Fsp3) is 0.721. The van der Waals surface area contributed by atoms with E-state index in [1.807, 2.05) is 64.2 Å². The molecule has 0 unspecified atom stereocenters. The Morgan fingerprint density at radius 1 is 0.500 bits per heavy atom. The van der Waals surface area contributed by atoms with Crippen LogP contribution >= 0.6 is 0 Å². The molecule has 8 fully saturated rings. The third kappa shape index (κ3) is 17.2. The first kappa shape index (κ1) is 82.6. The fourth-order valence-electron chi connectivity index (χ4n) is 20.0. The largest absolute Gasteiger partial charge is 0.462 e. The van der Waals surface area contributed by atoms with E-state index in [0.717, 1.165) is 36.8 Å². The molecule has 0 radical (unpaired) electrons. The van der Waals surface area contributed by atoms with Gasteiger partial charge in [0.2, 0.25) is 0 Å². The summed E-state index contributed by atoms with van der Waals surface area (Å²) < 4.78 is 89.7. The number of hydrogen-bond acceptors (Lipinski definition) is 24. The maximum absolute atomic E-state index is 14.4. The van der Waals surface area contributed by atoms with E-state index in [1.165, 1.54) is 38.5 Å². The van der Waals surface area contributed by atoms with Gasteiger partial charge in [-0.05, 0) is 137 Å². The molecule has 14 aliphatic rings. The summed E-state index contributed by atoms with van der Waals surface area (Å²) in [6.45, 7) is 19.7. The van der Waals surface area contributed by atoms with Gasteiger partial charge in [-0.3, -0.25) is 9.59 Å². The second kappa shape index (κ2) is 35.0. The van der Waals surface area contributed by atoms with Crippen LogP contribution in [-0.4, -0.2) is 215 Å². The smallest absolute Gasteiger partial charge is 0.316 e. The average molecular weight is 1540 g/mol. The first-order valence-corrected chi connectivity index (χ1v) is 40.8. The summed E-state index contributed by atoms with van der Waals surface area (Å²) in [5.74, 6) is -4.59. The maximum atomic E-state index is 14.4. The highest BCUT2D eigenvalue weighted by Gasteiger charge is 2.62. The number of allylic oxidation sites excluding steroid dienone is 4. The molecule has 0 aromatic rings. The molecule has 0 aromatic carbocycles. The highest BCUT2D eigenvalue weighted by atomic mass is 16.7. The molecule has 10 aliphatic heterocycles. The second-order valence-corrected chi connectivity index (χ2v) is 34.1. The molecule has 4 bridgehead atoms. The predicted molar refractivity (Wildman–Crippen MR) is 406 cm³/mol. The molecule has 28 atom stereocenters. The van der Waals surface area contributed by atoms with Crippen molar-refractivity contribution < 1.29 is 107 Å². The van der Waals surface area contributed by atoms with Crippen molar-refractivity contribution in [2.24, 2.45) is 57.7 Å². The minimum absolute atomic E-state index is 0.0156. The van der Waals surface area contributed by atoms with E-state index in [9.17, 15) is 40.4 Å². The zero-order chi connectivity index (χ0) is 78.1. The Kier molecular flexibility index (Phi) is 26.3. The Hall–Kier alpha value is -5.36. The minimum atomic E-state index is -1.85. The van der Waals surface area contributed by atoms with Crippen molar-refractivity contribution in [1.29, 1.82) is 0 Å². The minimum Gasteiger partial charge on any atom is -0.462 e. The monoisotopic (exact) mass is 1530 g/mol. The molecule has 0 aromatic heterocycles. The van der Waals surface area contributed by atoms with Crippen LogP contribution in [0.1, 0.15) is 185 Å². The number of fused-ring (bicyclic) bond motifs is 4. The van der Waals surface area contributed by atoms with Crippen LogP contribution in [0.25, 0.3) is 0 Å². The Balaban J connectivity index is 0.000000193. The highest BCUT2D eigenvalue weighted by Crippen LogP contribution is 2.51. The fourth-order valence-corrected chi connectivity index (χ4v) is 20.0. The lowest BCUT2D eigenvalue weighted by Gasteiger charge is -2.49. The number of esters is 2. The summed E-state index contributed by atoms with van der Waals surface area (Å²) in [5.41, 5.74) is 0.597. The van der Waals surface area contributed by atoms with Crippen LogP contribution in [0.2, 0.25) is 0 Å². The molecule has 110 heavy (non-hydrogen) atoms. The van der Waals surface area contributed by atoms with Gasteiger partial charge in [-0.2, -0.15) is 0 Å². The topological polar surface area (TPSA) is 309 Å². The zero-order valence-corrected chi connectivity index (χ0v) is 66.3. The molecule has 6 saturated heterocycles. The highest BCUT2D eigenvalue weighted by molar-refractivity contribution is 6.07. The molecular weight excluding hydrogens is 1410 g/mol. The molecule has 6 N–H and O–H groups in total. The van der Waals surface area contributed by atoms with Gasteiger partial charge in [0.25, 0.3) is 0 Å². The standard InChI is InChI=1S/2C43H61NO11/c2*1-24-11-10-14-30-23-50-40-36(44-48)27(4)19-33(43(30,40)47)41(46)52-32-20-31(16-15-25(2)38(24)53-35-21-34(49-6)37(45)28(5)51-35)54-42(22-32)18-17-26(3)39(55-42)29-12-8-7-9-13-29/h2*10-11,14-15,17-19,24,26,28-29,31-35,37-40,45,47-48H,7-9,12-13,16,20-23H2,1-6H3/b11-10+,25-15+,30-14?,44-36+;11-10+,25-15+,30-14?,44-36-/t2*24-,26-,28-,31+,32-,33-,34-,35-,37-,38-,39-,40+,42+,43+/m00/s1. The summed E-state index contributed by atoms with van der Waals surface area (Å²) in [6.07, 6.45) is 32.7. The molecule has 4 aliphatic carbocycles. The van der Waals surface area contributed by atoms with Gasteiger partial charge in [0.05, 0.1) is 74.3 Å². The molecule has 608 valence electrons. The van der Waals surface area contributed by atoms with Crippen molar-refractivity contribution in [1.82, 2.24) is 0 Å². The molecule has 14 rings (SSSR count). The van der Waals surface area contributed by atoms with E-state index in [1.54, 1.807) is 52.4 Å². The number of aliphatic hydroxyl groups excluding tert-OH is 2. The van der Waals surface area contributed by atoms with E-state index < -0.39 is 132 Å². The van der Waals surface area contributed by atoms with E-state index in [0.29, 0.717) is 85.5 Å². The van der Waals surface area contributed by atoms with Crippen molar-refractivity contribution in [2.75, 3.05) is 27.4 Å². The van der Waals surface area contributed by atoms with E-state index in [4.69, 9.17) is 66.3 Å². The number of aliphatic hydroxyl groups is 4. The Morgan fingerprint density at radius 2 is 0.891 bits per heavy atom. The Labute approximate surface area is 648 Å². The van der Waals surface area contributed by atoms with Crippen LogP contribution < -0.4 is 0 Å². The molecule has 24 heteroatoms.